The highest BCUT2D eigenvalue weighted by molar-refractivity contribution is 6.74. The summed E-state index contributed by atoms with van der Waals surface area (Å²) in [6.07, 6.45) is 3.49. The van der Waals surface area contributed by atoms with Gasteiger partial charge in [0.25, 0.3) is 0 Å². The lowest BCUT2D eigenvalue weighted by Gasteiger charge is -2.46. The van der Waals surface area contributed by atoms with Gasteiger partial charge < -0.3 is 14.7 Å². The van der Waals surface area contributed by atoms with Gasteiger partial charge in [-0.3, -0.25) is 4.79 Å². The van der Waals surface area contributed by atoms with E-state index in [1.165, 1.54) is 0 Å². The molecule has 0 spiro atoms. The fourth-order valence-electron chi connectivity index (χ4n) is 2.77. The number of carbonyl (C=O) groups excluding carboxylic acids is 1. The number of aromatic nitrogens is 2. The molecule has 0 unspecified atom stereocenters. The van der Waals surface area contributed by atoms with Gasteiger partial charge in [-0.15, -0.1) is 0 Å². The zero-order valence-electron chi connectivity index (χ0n) is 14.7. The van der Waals surface area contributed by atoms with Crippen LogP contribution in [-0.4, -0.2) is 36.3 Å². The van der Waals surface area contributed by atoms with Crippen molar-refractivity contribution in [1.29, 1.82) is 0 Å². The molecule has 1 aromatic heterocycles. The molecule has 4 atom stereocenters. The van der Waals surface area contributed by atoms with Crippen LogP contribution in [0.25, 0.3) is 0 Å². The SMILES string of the molecule is C[C@@H](O[Si](C)(C)C(C)(C)C)[C@H]1C(=O)N[C@H]1[C@@H](C)c1ncc[nH]1. The van der Waals surface area contributed by atoms with Gasteiger partial charge in [-0.1, -0.05) is 27.7 Å². The number of nitrogens with one attached hydrogen (secondary N) is 2. The summed E-state index contributed by atoms with van der Waals surface area (Å²) in [5, 5.41) is 3.17. The number of nitrogens with zero attached hydrogens (tertiary/aromatic N) is 1. The molecule has 2 rings (SSSR count). The molecule has 5 nitrogen and oxygen atoms in total. The van der Waals surface area contributed by atoms with Crippen LogP contribution < -0.4 is 5.32 Å². The second-order valence-corrected chi connectivity index (χ2v) is 12.7. The third kappa shape index (κ3) is 3.13. The first-order chi connectivity index (χ1) is 10.0. The summed E-state index contributed by atoms with van der Waals surface area (Å²) in [6, 6.07) is 0.0819. The average molecular weight is 324 g/mol. The summed E-state index contributed by atoms with van der Waals surface area (Å²) < 4.78 is 6.42. The molecule has 0 saturated carbocycles. The number of H-pyrrole nitrogens is 1. The van der Waals surface area contributed by atoms with Crippen molar-refractivity contribution in [2.45, 2.75) is 70.8 Å². The Morgan fingerprint density at radius 3 is 2.41 bits per heavy atom. The minimum Gasteiger partial charge on any atom is -0.413 e. The standard InChI is InChI=1S/C16H29N3O2Si/c1-10(14-17-8-9-18-14)13-12(15(20)19-13)11(2)21-22(6,7)16(3,4)5/h8-13H,1-7H3,(H,17,18)(H,19,20)/t10-,11-,12-,13+/m1/s1. The summed E-state index contributed by atoms with van der Waals surface area (Å²) in [5.74, 6) is 1.06. The first kappa shape index (κ1) is 17.2. The van der Waals surface area contributed by atoms with Gasteiger partial charge in [0.2, 0.25) is 5.91 Å². The van der Waals surface area contributed by atoms with E-state index in [1.807, 2.05) is 13.1 Å². The lowest BCUT2D eigenvalue weighted by atomic mass is 9.78. The molecule has 0 radical (unpaired) electrons. The Kier molecular flexibility index (Phi) is 4.55. The molecule has 1 aliphatic heterocycles. The van der Waals surface area contributed by atoms with Crippen LogP contribution in [0.5, 0.6) is 0 Å². The van der Waals surface area contributed by atoms with Crippen LogP contribution >= 0.6 is 0 Å². The third-order valence-corrected chi connectivity index (χ3v) is 9.85. The second kappa shape index (κ2) is 5.81. The highest BCUT2D eigenvalue weighted by Gasteiger charge is 2.49. The number of hydrogen-bond donors (Lipinski definition) is 2. The van der Waals surface area contributed by atoms with E-state index >= 15 is 0 Å². The lowest BCUT2D eigenvalue weighted by Crippen LogP contribution is -2.65. The van der Waals surface area contributed by atoms with Gasteiger partial charge in [0.05, 0.1) is 18.1 Å². The monoisotopic (exact) mass is 323 g/mol. The molecule has 22 heavy (non-hydrogen) atoms. The number of β-lactam (4-membered cyclic amide) rings is 1. The van der Waals surface area contributed by atoms with Crippen molar-refractivity contribution in [1.82, 2.24) is 15.3 Å². The summed E-state index contributed by atoms with van der Waals surface area (Å²) in [7, 11) is -1.88. The van der Waals surface area contributed by atoms with Gasteiger partial charge in [0.15, 0.2) is 8.32 Å². The molecule has 0 aliphatic carbocycles. The Hall–Kier alpha value is -1.14. The molecule has 6 heteroatoms. The van der Waals surface area contributed by atoms with Gasteiger partial charge in [-0.05, 0) is 25.1 Å². The first-order valence-electron chi connectivity index (χ1n) is 8.02. The second-order valence-electron chi connectivity index (χ2n) is 7.91. The minimum atomic E-state index is -1.88. The maximum absolute atomic E-state index is 12.1. The van der Waals surface area contributed by atoms with Gasteiger partial charge in [0, 0.05) is 18.3 Å². The molecular formula is C16H29N3O2Si. The van der Waals surface area contributed by atoms with Crippen LogP contribution in [0.15, 0.2) is 12.4 Å². The fraction of sp³-hybridized carbons (Fsp3) is 0.750. The van der Waals surface area contributed by atoms with Gasteiger partial charge in [0.1, 0.15) is 5.82 Å². The number of imidazole rings is 1. The molecular weight excluding hydrogens is 294 g/mol. The Labute approximate surface area is 134 Å². The summed E-state index contributed by atoms with van der Waals surface area (Å²) in [5.41, 5.74) is 0. The molecule has 1 amide bonds. The van der Waals surface area contributed by atoms with E-state index in [-0.39, 0.29) is 34.9 Å². The van der Waals surface area contributed by atoms with Crippen molar-refractivity contribution in [3.05, 3.63) is 18.2 Å². The zero-order valence-corrected chi connectivity index (χ0v) is 15.7. The fourth-order valence-corrected chi connectivity index (χ4v) is 4.20. The number of aromatic amines is 1. The quantitative estimate of drug-likeness (QED) is 0.646. The predicted octanol–water partition coefficient (Wildman–Crippen LogP) is 3.04. The number of hydrogen-bond acceptors (Lipinski definition) is 3. The van der Waals surface area contributed by atoms with E-state index in [1.54, 1.807) is 6.20 Å². The molecule has 2 heterocycles. The largest absolute Gasteiger partial charge is 0.413 e. The van der Waals surface area contributed by atoms with Crippen LogP contribution in [0.1, 0.15) is 46.4 Å². The minimum absolute atomic E-state index is 0.0722. The van der Waals surface area contributed by atoms with Crippen molar-refractivity contribution < 1.29 is 9.22 Å². The molecule has 1 aliphatic rings. The van der Waals surface area contributed by atoms with Crippen LogP contribution in [0.4, 0.5) is 0 Å². The van der Waals surface area contributed by atoms with Crippen LogP contribution in [-0.2, 0) is 9.22 Å². The summed E-state index contributed by atoms with van der Waals surface area (Å²) >= 11 is 0. The van der Waals surface area contributed by atoms with E-state index in [2.05, 4.69) is 56.1 Å². The Balaban J connectivity index is 2.08. The molecule has 1 saturated heterocycles. The van der Waals surface area contributed by atoms with E-state index in [0.29, 0.717) is 0 Å². The van der Waals surface area contributed by atoms with Crippen LogP contribution in [0, 0.1) is 5.92 Å². The van der Waals surface area contributed by atoms with Crippen molar-refractivity contribution in [2.75, 3.05) is 0 Å². The summed E-state index contributed by atoms with van der Waals surface area (Å²) in [4.78, 5) is 19.5. The Morgan fingerprint density at radius 1 is 1.32 bits per heavy atom. The summed E-state index contributed by atoms with van der Waals surface area (Å²) in [6.45, 7) is 15.2. The molecule has 0 aromatic carbocycles. The average Bonchev–Trinajstić information content (AvgIpc) is 2.86. The van der Waals surface area contributed by atoms with Crippen molar-refractivity contribution in [3.63, 3.8) is 0 Å². The molecule has 2 N–H and O–H groups in total. The van der Waals surface area contributed by atoms with Crippen LogP contribution in [0.2, 0.25) is 18.1 Å². The van der Waals surface area contributed by atoms with Gasteiger partial charge in [-0.2, -0.15) is 0 Å². The third-order valence-electron chi connectivity index (χ3n) is 5.28. The van der Waals surface area contributed by atoms with E-state index in [0.717, 1.165) is 5.82 Å². The molecule has 1 aromatic rings. The molecule has 0 bridgehead atoms. The molecule has 124 valence electrons. The van der Waals surface area contributed by atoms with Gasteiger partial charge in [-0.25, -0.2) is 4.98 Å². The van der Waals surface area contributed by atoms with E-state index in [9.17, 15) is 4.79 Å². The number of carbonyl (C=O) groups is 1. The Morgan fingerprint density at radius 2 is 1.95 bits per heavy atom. The maximum Gasteiger partial charge on any atom is 0.228 e. The maximum atomic E-state index is 12.1. The predicted molar refractivity (Wildman–Crippen MR) is 90.2 cm³/mol. The van der Waals surface area contributed by atoms with Gasteiger partial charge >= 0.3 is 0 Å². The van der Waals surface area contributed by atoms with E-state index < -0.39 is 8.32 Å². The highest BCUT2D eigenvalue weighted by atomic mass is 28.4. The van der Waals surface area contributed by atoms with Crippen LogP contribution in [0.3, 0.4) is 0 Å². The molecule has 1 fully saturated rings. The normalized spacial score (nSPS) is 25.3. The number of amides is 1. The lowest BCUT2D eigenvalue weighted by molar-refractivity contribution is -0.140. The van der Waals surface area contributed by atoms with E-state index in [4.69, 9.17) is 4.43 Å². The Bertz CT molecular complexity index is 522. The topological polar surface area (TPSA) is 67.0 Å². The first-order valence-corrected chi connectivity index (χ1v) is 10.9. The highest BCUT2D eigenvalue weighted by Crippen LogP contribution is 2.40. The number of rotatable bonds is 5. The van der Waals surface area contributed by atoms with Crippen molar-refractivity contribution in [2.24, 2.45) is 5.92 Å². The zero-order chi connectivity index (χ0) is 16.7. The van der Waals surface area contributed by atoms with Crippen molar-refractivity contribution >= 4 is 14.2 Å². The smallest absolute Gasteiger partial charge is 0.228 e. The van der Waals surface area contributed by atoms with Crippen molar-refractivity contribution in [3.8, 4) is 0 Å².